The van der Waals surface area contributed by atoms with E-state index in [-0.39, 0.29) is 5.91 Å². The summed E-state index contributed by atoms with van der Waals surface area (Å²) in [7, 11) is 0. The summed E-state index contributed by atoms with van der Waals surface area (Å²) in [5.41, 5.74) is 0. The van der Waals surface area contributed by atoms with Gasteiger partial charge in [-0.3, -0.25) is 9.36 Å². The average molecular weight is 391 g/mol. The zero-order chi connectivity index (χ0) is 20.1. The van der Waals surface area contributed by atoms with Crippen LogP contribution >= 0.6 is 0 Å². The Balaban J connectivity index is 1.69. The van der Waals surface area contributed by atoms with Gasteiger partial charge in [-0.25, -0.2) is 4.98 Å². The number of hydrogen-bond acceptors (Lipinski definition) is 2. The predicted octanol–water partition coefficient (Wildman–Crippen LogP) is 8.35. The highest BCUT2D eigenvalue weighted by Crippen LogP contribution is 2.14. The average Bonchev–Trinajstić information content (AvgIpc) is 3.24. The van der Waals surface area contributed by atoms with E-state index in [1.165, 1.54) is 116 Å². The highest BCUT2D eigenvalue weighted by Gasteiger charge is 2.03. The number of imidazole rings is 1. The van der Waals surface area contributed by atoms with E-state index in [0.29, 0.717) is 6.42 Å². The summed E-state index contributed by atoms with van der Waals surface area (Å²) in [5.74, 6) is 0.171. The van der Waals surface area contributed by atoms with Crippen molar-refractivity contribution in [1.82, 2.24) is 9.55 Å². The zero-order valence-electron chi connectivity index (χ0n) is 18.7. The molecule has 0 aliphatic heterocycles. The van der Waals surface area contributed by atoms with E-state index in [2.05, 4.69) is 11.9 Å². The van der Waals surface area contributed by atoms with Gasteiger partial charge in [-0.05, 0) is 6.42 Å². The molecule has 0 atom stereocenters. The minimum atomic E-state index is 0.171. The quantitative estimate of drug-likeness (QED) is 0.210. The van der Waals surface area contributed by atoms with Gasteiger partial charge in [0.15, 0.2) is 0 Å². The summed E-state index contributed by atoms with van der Waals surface area (Å²) in [4.78, 5) is 15.7. The molecule has 0 spiro atoms. The highest BCUT2D eigenvalue weighted by atomic mass is 16.2. The number of hydrogen-bond donors (Lipinski definition) is 0. The van der Waals surface area contributed by atoms with E-state index in [0.717, 1.165) is 6.42 Å². The summed E-state index contributed by atoms with van der Waals surface area (Å²) >= 11 is 0. The van der Waals surface area contributed by atoms with Gasteiger partial charge in [0.2, 0.25) is 5.91 Å². The van der Waals surface area contributed by atoms with Gasteiger partial charge in [0, 0.05) is 18.8 Å². The summed E-state index contributed by atoms with van der Waals surface area (Å²) in [6, 6.07) is 0. The second kappa shape index (κ2) is 19.2. The number of carbonyl (C=O) groups excluding carboxylic acids is 1. The molecule has 0 amide bonds. The van der Waals surface area contributed by atoms with Gasteiger partial charge in [-0.1, -0.05) is 122 Å². The summed E-state index contributed by atoms with van der Waals surface area (Å²) in [5, 5.41) is 0. The second-order valence-corrected chi connectivity index (χ2v) is 8.48. The fourth-order valence-corrected chi connectivity index (χ4v) is 3.89. The highest BCUT2D eigenvalue weighted by molar-refractivity contribution is 5.78. The molecular formula is C25H46N2O. The van der Waals surface area contributed by atoms with E-state index in [1.807, 2.05) is 0 Å². The van der Waals surface area contributed by atoms with Crippen LogP contribution in [0.5, 0.6) is 0 Å². The number of rotatable bonds is 20. The van der Waals surface area contributed by atoms with Gasteiger partial charge >= 0.3 is 0 Å². The van der Waals surface area contributed by atoms with Crippen molar-refractivity contribution < 1.29 is 4.79 Å². The van der Waals surface area contributed by atoms with Crippen LogP contribution in [-0.2, 0) is 0 Å². The van der Waals surface area contributed by atoms with E-state index < -0.39 is 0 Å². The van der Waals surface area contributed by atoms with Crippen LogP contribution in [0.3, 0.4) is 0 Å². The third-order valence-corrected chi connectivity index (χ3v) is 5.79. The monoisotopic (exact) mass is 390 g/mol. The lowest BCUT2D eigenvalue weighted by Crippen LogP contribution is -2.07. The normalized spacial score (nSPS) is 11.2. The van der Waals surface area contributed by atoms with Crippen molar-refractivity contribution in [3.05, 3.63) is 18.7 Å². The Labute approximate surface area is 174 Å². The maximum Gasteiger partial charge on any atom is 0.231 e. The molecule has 1 aromatic rings. The smallest absolute Gasteiger partial charge is 0.231 e. The Bertz CT molecular complexity index is 441. The second-order valence-electron chi connectivity index (χ2n) is 8.48. The van der Waals surface area contributed by atoms with Crippen molar-refractivity contribution in [2.45, 2.75) is 135 Å². The van der Waals surface area contributed by atoms with Crippen LogP contribution in [-0.4, -0.2) is 15.5 Å². The molecule has 1 rings (SSSR count). The minimum Gasteiger partial charge on any atom is -0.276 e. The molecule has 0 aliphatic rings. The van der Waals surface area contributed by atoms with E-state index in [9.17, 15) is 4.79 Å². The molecule has 0 aliphatic carbocycles. The van der Waals surface area contributed by atoms with E-state index in [4.69, 9.17) is 0 Å². The van der Waals surface area contributed by atoms with E-state index >= 15 is 0 Å². The fourth-order valence-electron chi connectivity index (χ4n) is 3.89. The fraction of sp³-hybridized carbons (Fsp3) is 0.840. The van der Waals surface area contributed by atoms with Crippen molar-refractivity contribution in [1.29, 1.82) is 0 Å². The molecule has 0 aromatic carbocycles. The largest absolute Gasteiger partial charge is 0.276 e. The molecule has 0 saturated carbocycles. The molecule has 162 valence electrons. The summed E-state index contributed by atoms with van der Waals surface area (Å²) < 4.78 is 1.59. The molecule has 1 aromatic heterocycles. The van der Waals surface area contributed by atoms with Gasteiger partial charge in [0.25, 0.3) is 0 Å². The van der Waals surface area contributed by atoms with Crippen LogP contribution in [0.25, 0.3) is 0 Å². The van der Waals surface area contributed by atoms with Crippen molar-refractivity contribution in [2.24, 2.45) is 0 Å². The summed E-state index contributed by atoms with van der Waals surface area (Å²) in [6.07, 6.45) is 31.9. The molecule has 0 saturated heterocycles. The number of carbonyl (C=O) groups is 1. The molecule has 0 N–H and O–H groups in total. The Morgan fingerprint density at radius 1 is 0.643 bits per heavy atom. The van der Waals surface area contributed by atoms with Crippen LogP contribution in [0.4, 0.5) is 0 Å². The van der Waals surface area contributed by atoms with Gasteiger partial charge in [-0.2, -0.15) is 0 Å². The van der Waals surface area contributed by atoms with Gasteiger partial charge in [-0.15, -0.1) is 0 Å². The predicted molar refractivity (Wildman–Crippen MR) is 121 cm³/mol. The molecule has 0 radical (unpaired) electrons. The lowest BCUT2D eigenvalue weighted by molar-refractivity contribution is 0.0898. The van der Waals surface area contributed by atoms with Crippen LogP contribution < -0.4 is 0 Å². The topological polar surface area (TPSA) is 34.9 Å². The SMILES string of the molecule is CCCCCCCCCCCCCCCCCCCCCC(=O)n1ccnc1. The third kappa shape index (κ3) is 14.9. The third-order valence-electron chi connectivity index (χ3n) is 5.79. The first-order valence-corrected chi connectivity index (χ1v) is 12.4. The van der Waals surface area contributed by atoms with Gasteiger partial charge < -0.3 is 0 Å². The van der Waals surface area contributed by atoms with Crippen molar-refractivity contribution in [3.8, 4) is 0 Å². The Hall–Kier alpha value is -1.12. The van der Waals surface area contributed by atoms with Gasteiger partial charge in [0.1, 0.15) is 6.33 Å². The standard InChI is InChI=1S/C25H46N2O/c1-2-3-4-5-6-7-8-9-10-11-12-13-14-15-16-17-18-19-20-21-25(28)27-23-22-26-24-27/h22-24H,2-21H2,1H3. The first kappa shape index (κ1) is 24.9. The molecule has 28 heavy (non-hydrogen) atoms. The Morgan fingerprint density at radius 3 is 1.39 bits per heavy atom. The van der Waals surface area contributed by atoms with Crippen LogP contribution in [0.1, 0.15) is 140 Å². The minimum absolute atomic E-state index is 0.171. The van der Waals surface area contributed by atoms with Crippen LogP contribution in [0, 0.1) is 0 Å². The van der Waals surface area contributed by atoms with E-state index in [1.54, 1.807) is 23.3 Å². The first-order chi connectivity index (χ1) is 13.8. The molecular weight excluding hydrogens is 344 g/mol. The number of unbranched alkanes of at least 4 members (excludes halogenated alkanes) is 18. The van der Waals surface area contributed by atoms with Gasteiger partial charge in [0.05, 0.1) is 0 Å². The molecule has 0 fully saturated rings. The molecule has 3 heteroatoms. The Kier molecular flexibility index (Phi) is 17.1. The zero-order valence-corrected chi connectivity index (χ0v) is 18.7. The van der Waals surface area contributed by atoms with Crippen molar-refractivity contribution in [2.75, 3.05) is 0 Å². The molecule has 0 unspecified atom stereocenters. The molecule has 1 heterocycles. The maximum atomic E-state index is 11.8. The molecule has 0 bridgehead atoms. The van der Waals surface area contributed by atoms with Crippen LogP contribution in [0.15, 0.2) is 18.7 Å². The summed E-state index contributed by atoms with van der Waals surface area (Å²) in [6.45, 7) is 2.29. The first-order valence-electron chi connectivity index (χ1n) is 12.4. The number of aromatic nitrogens is 2. The maximum absolute atomic E-state index is 11.8. The lowest BCUT2D eigenvalue weighted by Gasteiger charge is -2.04. The number of nitrogens with zero attached hydrogens (tertiary/aromatic N) is 2. The van der Waals surface area contributed by atoms with Crippen LogP contribution in [0.2, 0.25) is 0 Å². The Morgan fingerprint density at radius 2 is 1.04 bits per heavy atom. The van der Waals surface area contributed by atoms with Crippen molar-refractivity contribution >= 4 is 5.91 Å². The van der Waals surface area contributed by atoms with Crippen molar-refractivity contribution in [3.63, 3.8) is 0 Å². The lowest BCUT2D eigenvalue weighted by atomic mass is 10.0. The molecule has 3 nitrogen and oxygen atoms in total.